The first-order valence-corrected chi connectivity index (χ1v) is 11.5. The molecule has 0 aliphatic rings. The lowest BCUT2D eigenvalue weighted by molar-refractivity contribution is 0.482. The Kier molecular flexibility index (Phi) is 4.39. The van der Waals surface area contributed by atoms with Gasteiger partial charge in [-0.25, -0.2) is 9.97 Å². The van der Waals surface area contributed by atoms with Crippen LogP contribution in [0, 0.1) is 0 Å². The van der Waals surface area contributed by atoms with Gasteiger partial charge in [-0.05, 0) is 54.6 Å². The monoisotopic (exact) mass is 452 g/mol. The highest BCUT2D eigenvalue weighted by atomic mass is 16.5. The molecule has 0 aliphatic carbocycles. The predicted molar refractivity (Wildman–Crippen MR) is 139 cm³/mol. The quantitative estimate of drug-likeness (QED) is 0.282. The summed E-state index contributed by atoms with van der Waals surface area (Å²) < 4.78 is 10.6. The third-order valence-electron chi connectivity index (χ3n) is 6.28. The van der Waals surface area contributed by atoms with Crippen molar-refractivity contribution in [3.05, 3.63) is 122 Å². The smallest absolute Gasteiger partial charge is 0.145 e. The molecule has 0 aliphatic heterocycles. The van der Waals surface area contributed by atoms with Gasteiger partial charge in [0.25, 0.3) is 0 Å². The lowest BCUT2D eigenvalue weighted by atomic mass is 10.2. The molecule has 3 aromatic carbocycles. The van der Waals surface area contributed by atoms with Crippen molar-refractivity contribution in [3.8, 4) is 28.6 Å². The average Bonchev–Trinajstić information content (AvgIpc) is 3.49. The number of benzene rings is 3. The lowest BCUT2D eigenvalue weighted by Gasteiger charge is -2.11. The van der Waals surface area contributed by atoms with Crippen LogP contribution in [0.4, 0.5) is 0 Å². The van der Waals surface area contributed by atoms with E-state index in [9.17, 15) is 0 Å². The molecule has 0 amide bonds. The Hall–Kier alpha value is -4.90. The van der Waals surface area contributed by atoms with Crippen molar-refractivity contribution in [1.29, 1.82) is 0 Å². The number of para-hydroxylation sites is 1. The Morgan fingerprint density at radius 1 is 0.657 bits per heavy atom. The van der Waals surface area contributed by atoms with E-state index in [4.69, 9.17) is 4.74 Å². The van der Waals surface area contributed by atoms with E-state index in [1.54, 1.807) is 0 Å². The minimum absolute atomic E-state index is 0.757. The minimum atomic E-state index is 0.757. The molecule has 166 valence electrons. The van der Waals surface area contributed by atoms with Gasteiger partial charge in [-0.2, -0.15) is 0 Å². The Morgan fingerprint density at radius 3 is 2.46 bits per heavy atom. The SMILES string of the molecule is c1cc(Oc2cccc(-n3c4ccccc4c4cccnc43)c2)cc(-c2ncc3ccccn23)c1. The molecular weight excluding hydrogens is 432 g/mol. The second kappa shape index (κ2) is 7.85. The topological polar surface area (TPSA) is 44.3 Å². The fraction of sp³-hybridized carbons (Fsp3) is 0. The van der Waals surface area contributed by atoms with E-state index >= 15 is 0 Å². The molecule has 7 rings (SSSR count). The summed E-state index contributed by atoms with van der Waals surface area (Å²) in [5.41, 5.74) is 5.10. The number of pyridine rings is 2. The molecule has 0 saturated carbocycles. The van der Waals surface area contributed by atoms with Crippen molar-refractivity contribution in [3.63, 3.8) is 0 Å². The average molecular weight is 453 g/mol. The fourth-order valence-electron chi connectivity index (χ4n) is 4.74. The summed E-state index contributed by atoms with van der Waals surface area (Å²) in [5.74, 6) is 2.40. The Morgan fingerprint density at radius 2 is 1.49 bits per heavy atom. The Bertz CT molecular complexity index is 1790. The van der Waals surface area contributed by atoms with E-state index in [1.165, 1.54) is 5.39 Å². The number of hydrogen-bond donors (Lipinski definition) is 0. The van der Waals surface area contributed by atoms with Gasteiger partial charge in [-0.15, -0.1) is 0 Å². The van der Waals surface area contributed by atoms with Gasteiger partial charge in [-0.1, -0.05) is 42.5 Å². The van der Waals surface area contributed by atoms with Crippen LogP contribution in [0.25, 0.3) is 44.5 Å². The Balaban J connectivity index is 1.29. The molecule has 0 N–H and O–H groups in total. The standard InChI is InChI=1S/C30H20N4O/c1-2-15-28-26(13-1)27-14-7-16-31-30(27)34(28)22-10-6-12-25(19-22)35-24-11-5-8-21(18-24)29-32-20-23-9-3-4-17-33(23)29/h1-20H. The zero-order valence-electron chi connectivity index (χ0n) is 18.7. The summed E-state index contributed by atoms with van der Waals surface area (Å²) in [5, 5.41) is 2.32. The molecule has 0 saturated heterocycles. The number of nitrogens with zero attached hydrogens (tertiary/aromatic N) is 4. The van der Waals surface area contributed by atoms with Gasteiger partial charge in [0.2, 0.25) is 0 Å². The predicted octanol–water partition coefficient (Wildman–Crippen LogP) is 7.29. The van der Waals surface area contributed by atoms with Crippen LogP contribution in [0.1, 0.15) is 0 Å². The highest BCUT2D eigenvalue weighted by Crippen LogP contribution is 2.33. The van der Waals surface area contributed by atoms with E-state index in [0.29, 0.717) is 0 Å². The summed E-state index contributed by atoms with van der Waals surface area (Å²) >= 11 is 0. The van der Waals surface area contributed by atoms with Crippen LogP contribution in [0.15, 0.2) is 122 Å². The molecular formula is C30H20N4O. The van der Waals surface area contributed by atoms with Crippen molar-refractivity contribution < 1.29 is 4.74 Å². The normalized spacial score (nSPS) is 11.4. The van der Waals surface area contributed by atoms with Gasteiger partial charge in [0.1, 0.15) is 23.0 Å². The summed E-state index contributed by atoms with van der Waals surface area (Å²) in [6, 6.07) is 34.7. The van der Waals surface area contributed by atoms with Crippen LogP contribution >= 0.6 is 0 Å². The number of hydrogen-bond acceptors (Lipinski definition) is 3. The maximum atomic E-state index is 6.32. The van der Waals surface area contributed by atoms with E-state index < -0.39 is 0 Å². The zero-order valence-corrected chi connectivity index (χ0v) is 18.7. The maximum absolute atomic E-state index is 6.32. The maximum Gasteiger partial charge on any atom is 0.145 e. The summed E-state index contributed by atoms with van der Waals surface area (Å²) in [4.78, 5) is 9.30. The van der Waals surface area contributed by atoms with Crippen LogP contribution in [0.3, 0.4) is 0 Å². The molecule has 0 atom stereocenters. The van der Waals surface area contributed by atoms with Gasteiger partial charge in [0.15, 0.2) is 0 Å². The van der Waals surface area contributed by atoms with Gasteiger partial charge < -0.3 is 4.74 Å². The van der Waals surface area contributed by atoms with E-state index in [2.05, 4.69) is 67.5 Å². The second-order valence-corrected chi connectivity index (χ2v) is 8.43. The first-order chi connectivity index (χ1) is 17.3. The molecule has 0 unspecified atom stereocenters. The lowest BCUT2D eigenvalue weighted by Crippen LogP contribution is -1.96. The number of fused-ring (bicyclic) bond motifs is 4. The van der Waals surface area contributed by atoms with E-state index in [0.717, 1.165) is 50.6 Å². The zero-order chi connectivity index (χ0) is 23.2. The van der Waals surface area contributed by atoms with Crippen molar-refractivity contribution >= 4 is 27.5 Å². The van der Waals surface area contributed by atoms with Crippen molar-refractivity contribution in [2.45, 2.75) is 0 Å². The second-order valence-electron chi connectivity index (χ2n) is 8.43. The van der Waals surface area contributed by atoms with Crippen molar-refractivity contribution in [2.75, 3.05) is 0 Å². The molecule has 0 spiro atoms. The van der Waals surface area contributed by atoms with Crippen LogP contribution < -0.4 is 4.74 Å². The number of rotatable bonds is 4. The van der Waals surface area contributed by atoms with E-state index in [-0.39, 0.29) is 0 Å². The third kappa shape index (κ3) is 3.25. The molecule has 0 bridgehead atoms. The summed E-state index contributed by atoms with van der Waals surface area (Å²) in [6.45, 7) is 0. The molecule has 35 heavy (non-hydrogen) atoms. The summed E-state index contributed by atoms with van der Waals surface area (Å²) in [6.07, 6.45) is 5.74. The molecule has 0 fully saturated rings. The molecule has 5 heteroatoms. The van der Waals surface area contributed by atoms with Gasteiger partial charge >= 0.3 is 0 Å². The highest BCUT2D eigenvalue weighted by Gasteiger charge is 2.13. The van der Waals surface area contributed by atoms with Crippen molar-refractivity contribution in [1.82, 2.24) is 18.9 Å². The van der Waals surface area contributed by atoms with Gasteiger partial charge in [0, 0.05) is 34.8 Å². The highest BCUT2D eigenvalue weighted by molar-refractivity contribution is 6.07. The van der Waals surface area contributed by atoms with Crippen LogP contribution in [-0.2, 0) is 0 Å². The largest absolute Gasteiger partial charge is 0.457 e. The number of imidazole rings is 1. The number of aromatic nitrogens is 4. The van der Waals surface area contributed by atoms with Crippen LogP contribution in [0.5, 0.6) is 11.5 Å². The van der Waals surface area contributed by atoms with E-state index in [1.807, 2.05) is 73.2 Å². The van der Waals surface area contributed by atoms with Crippen LogP contribution in [0.2, 0.25) is 0 Å². The van der Waals surface area contributed by atoms with Gasteiger partial charge in [0.05, 0.1) is 22.9 Å². The molecule has 0 radical (unpaired) electrons. The fourth-order valence-corrected chi connectivity index (χ4v) is 4.74. The first-order valence-electron chi connectivity index (χ1n) is 11.5. The molecule has 7 aromatic rings. The summed E-state index contributed by atoms with van der Waals surface area (Å²) in [7, 11) is 0. The molecule has 5 nitrogen and oxygen atoms in total. The minimum Gasteiger partial charge on any atom is -0.457 e. The molecule has 4 heterocycles. The van der Waals surface area contributed by atoms with Crippen molar-refractivity contribution in [2.24, 2.45) is 0 Å². The van der Waals surface area contributed by atoms with Gasteiger partial charge in [-0.3, -0.25) is 8.97 Å². The first kappa shape index (κ1) is 19.6. The molecule has 4 aromatic heterocycles. The Labute approximate surface area is 201 Å². The number of ether oxygens (including phenoxy) is 1. The third-order valence-corrected chi connectivity index (χ3v) is 6.28. The van der Waals surface area contributed by atoms with Crippen LogP contribution in [-0.4, -0.2) is 18.9 Å².